The number of aliphatic carboxylic acids is 1. The Morgan fingerprint density at radius 1 is 1.00 bits per heavy atom. The van der Waals surface area contributed by atoms with E-state index in [1.54, 1.807) is 12.1 Å². The predicted molar refractivity (Wildman–Crippen MR) is 106 cm³/mol. The van der Waals surface area contributed by atoms with Crippen molar-refractivity contribution in [3.8, 4) is 17.0 Å². The Bertz CT molecular complexity index is 1220. The minimum Gasteiger partial charge on any atom is -0.491 e. The molecule has 0 fully saturated rings. The van der Waals surface area contributed by atoms with Crippen molar-refractivity contribution in [1.29, 1.82) is 0 Å². The summed E-state index contributed by atoms with van der Waals surface area (Å²) in [4.78, 5) is 29.2. The molecule has 1 atom stereocenters. The van der Waals surface area contributed by atoms with Crippen molar-refractivity contribution in [3.05, 3.63) is 65.0 Å². The number of hydrogen-bond donors (Lipinski definition) is 4. The van der Waals surface area contributed by atoms with Crippen molar-refractivity contribution in [2.24, 2.45) is 0 Å². The summed E-state index contributed by atoms with van der Waals surface area (Å²) in [5.41, 5.74) is 2.65. The van der Waals surface area contributed by atoms with Crippen molar-refractivity contribution < 1.29 is 19.7 Å². The second kappa shape index (κ2) is 7.21. The van der Waals surface area contributed by atoms with Gasteiger partial charge >= 0.3 is 5.97 Å². The number of hydrogen-bond acceptors (Lipinski definition) is 4. The molecular weight excluding hydrogens is 360 g/mol. The Labute approximate surface area is 159 Å². The van der Waals surface area contributed by atoms with Crippen molar-refractivity contribution in [1.82, 2.24) is 9.97 Å². The molecule has 2 aromatic heterocycles. The van der Waals surface area contributed by atoms with Crippen LogP contribution in [0.5, 0.6) is 5.75 Å². The number of fused-ring (bicyclic) bond motifs is 2. The molecule has 0 aliphatic rings. The zero-order valence-electron chi connectivity index (χ0n) is 14.8. The van der Waals surface area contributed by atoms with Gasteiger partial charge in [0.1, 0.15) is 12.4 Å². The standard InChI is InChI=1S/C21H18N2O5/c24-14(10-20(25)26)11-28-15-5-6-18-13(7-15)9-19(22-18)16-8-12-3-1-2-4-17(12)23-21(16)27/h1-9,14,22,24H,10-11H2,(H,23,27)(H,25,26). The van der Waals surface area contributed by atoms with Crippen LogP contribution in [0.2, 0.25) is 0 Å². The molecule has 0 spiro atoms. The van der Waals surface area contributed by atoms with E-state index in [0.717, 1.165) is 21.8 Å². The maximum absolute atomic E-state index is 12.5. The lowest BCUT2D eigenvalue weighted by molar-refractivity contribution is -0.139. The van der Waals surface area contributed by atoms with Crippen molar-refractivity contribution >= 4 is 27.8 Å². The summed E-state index contributed by atoms with van der Waals surface area (Å²) in [5, 5.41) is 20.1. The van der Waals surface area contributed by atoms with Gasteiger partial charge in [-0.05, 0) is 41.8 Å². The molecule has 0 aliphatic carbocycles. The Balaban J connectivity index is 1.62. The van der Waals surface area contributed by atoms with E-state index in [0.29, 0.717) is 17.0 Å². The first kappa shape index (κ1) is 17.8. The van der Waals surface area contributed by atoms with Gasteiger partial charge in [-0.3, -0.25) is 9.59 Å². The molecule has 4 rings (SSSR count). The van der Waals surface area contributed by atoms with E-state index >= 15 is 0 Å². The van der Waals surface area contributed by atoms with Crippen LogP contribution in [0.4, 0.5) is 0 Å². The monoisotopic (exact) mass is 378 g/mol. The normalized spacial score (nSPS) is 12.3. The highest BCUT2D eigenvalue weighted by Crippen LogP contribution is 2.27. The molecule has 4 N–H and O–H groups in total. The number of pyridine rings is 1. The van der Waals surface area contributed by atoms with Crippen LogP contribution in [0, 0.1) is 0 Å². The van der Waals surface area contributed by atoms with Crippen LogP contribution >= 0.6 is 0 Å². The molecule has 4 aromatic rings. The van der Waals surface area contributed by atoms with Gasteiger partial charge in [0.25, 0.3) is 5.56 Å². The first-order valence-corrected chi connectivity index (χ1v) is 8.77. The summed E-state index contributed by atoms with van der Waals surface area (Å²) in [6, 6.07) is 16.6. The van der Waals surface area contributed by atoms with Gasteiger partial charge < -0.3 is 24.9 Å². The number of nitrogens with one attached hydrogen (secondary N) is 2. The number of carboxylic acids is 1. The highest BCUT2D eigenvalue weighted by atomic mass is 16.5. The number of aliphatic hydroxyl groups is 1. The average molecular weight is 378 g/mol. The zero-order chi connectivity index (χ0) is 19.7. The van der Waals surface area contributed by atoms with Gasteiger partial charge in [-0.1, -0.05) is 18.2 Å². The molecule has 7 nitrogen and oxygen atoms in total. The SMILES string of the molecule is O=C(O)CC(O)COc1ccc2[nH]c(-c3cc4ccccc4[nH]c3=O)cc2c1. The van der Waals surface area contributed by atoms with Gasteiger partial charge in [-0.25, -0.2) is 0 Å². The van der Waals surface area contributed by atoms with Crippen molar-refractivity contribution in [2.75, 3.05) is 6.61 Å². The zero-order valence-corrected chi connectivity index (χ0v) is 14.8. The van der Waals surface area contributed by atoms with Crippen LogP contribution in [0.25, 0.3) is 33.1 Å². The van der Waals surface area contributed by atoms with Crippen molar-refractivity contribution in [3.63, 3.8) is 0 Å². The molecule has 28 heavy (non-hydrogen) atoms. The highest BCUT2D eigenvalue weighted by molar-refractivity contribution is 5.89. The van der Waals surface area contributed by atoms with Gasteiger partial charge in [0.05, 0.1) is 23.8 Å². The molecule has 7 heteroatoms. The Morgan fingerprint density at radius 3 is 2.61 bits per heavy atom. The lowest BCUT2D eigenvalue weighted by Gasteiger charge is -2.10. The first-order valence-electron chi connectivity index (χ1n) is 8.77. The summed E-state index contributed by atoms with van der Waals surface area (Å²) < 4.78 is 5.48. The smallest absolute Gasteiger partial charge is 0.306 e. The third kappa shape index (κ3) is 3.60. The summed E-state index contributed by atoms with van der Waals surface area (Å²) in [6.45, 7) is -0.112. The van der Waals surface area contributed by atoms with E-state index in [4.69, 9.17) is 9.84 Å². The largest absolute Gasteiger partial charge is 0.491 e. The molecule has 2 aromatic carbocycles. The summed E-state index contributed by atoms with van der Waals surface area (Å²) in [7, 11) is 0. The molecule has 0 amide bonds. The number of aromatic nitrogens is 2. The third-order valence-corrected chi connectivity index (χ3v) is 4.49. The molecule has 0 bridgehead atoms. The van der Waals surface area contributed by atoms with Gasteiger partial charge in [0.2, 0.25) is 0 Å². The Hall–Kier alpha value is -3.58. The molecule has 0 aliphatic heterocycles. The molecule has 0 radical (unpaired) electrons. The number of aromatic amines is 2. The fourth-order valence-corrected chi connectivity index (χ4v) is 3.15. The van der Waals surface area contributed by atoms with Crippen LogP contribution in [-0.2, 0) is 4.79 Å². The first-order chi connectivity index (χ1) is 13.5. The average Bonchev–Trinajstić information content (AvgIpc) is 3.08. The predicted octanol–water partition coefficient (Wildman–Crippen LogP) is 2.89. The lowest BCUT2D eigenvalue weighted by Crippen LogP contribution is -2.21. The van der Waals surface area contributed by atoms with Gasteiger partial charge in [-0.15, -0.1) is 0 Å². The maximum atomic E-state index is 12.5. The molecule has 2 heterocycles. The van der Waals surface area contributed by atoms with Crippen LogP contribution in [0.3, 0.4) is 0 Å². The number of carboxylic acid groups (broad SMARTS) is 1. The number of carbonyl (C=O) groups is 1. The molecular formula is C21H18N2O5. The highest BCUT2D eigenvalue weighted by Gasteiger charge is 2.12. The van der Waals surface area contributed by atoms with Gasteiger partial charge in [0, 0.05) is 16.4 Å². The topological polar surface area (TPSA) is 115 Å². The summed E-state index contributed by atoms with van der Waals surface area (Å²) in [6.07, 6.45) is -1.45. The number of rotatable bonds is 6. The van der Waals surface area contributed by atoms with Crippen LogP contribution in [0.1, 0.15) is 6.42 Å². The molecule has 142 valence electrons. The number of ether oxygens (including phenoxy) is 1. The van der Waals surface area contributed by atoms with E-state index in [9.17, 15) is 14.7 Å². The minimum absolute atomic E-state index is 0.112. The lowest BCUT2D eigenvalue weighted by atomic mass is 10.1. The van der Waals surface area contributed by atoms with E-state index < -0.39 is 12.1 Å². The fourth-order valence-electron chi connectivity index (χ4n) is 3.15. The van der Waals surface area contributed by atoms with E-state index in [2.05, 4.69) is 9.97 Å². The van der Waals surface area contributed by atoms with E-state index in [1.807, 2.05) is 42.5 Å². The van der Waals surface area contributed by atoms with Crippen LogP contribution < -0.4 is 10.3 Å². The van der Waals surface area contributed by atoms with Gasteiger partial charge in [0.15, 0.2) is 0 Å². The van der Waals surface area contributed by atoms with E-state index in [1.165, 1.54) is 0 Å². The number of para-hydroxylation sites is 1. The van der Waals surface area contributed by atoms with E-state index in [-0.39, 0.29) is 18.6 Å². The fraction of sp³-hybridized carbons (Fsp3) is 0.143. The molecule has 0 saturated heterocycles. The van der Waals surface area contributed by atoms with Crippen molar-refractivity contribution in [2.45, 2.75) is 12.5 Å². The minimum atomic E-state index is -1.08. The Kier molecular flexibility index (Phi) is 4.58. The summed E-state index contributed by atoms with van der Waals surface area (Å²) in [5.74, 6) is -0.572. The number of H-pyrrole nitrogens is 2. The quantitative estimate of drug-likeness (QED) is 0.412. The third-order valence-electron chi connectivity index (χ3n) is 4.49. The second-order valence-electron chi connectivity index (χ2n) is 6.59. The summed E-state index contributed by atoms with van der Waals surface area (Å²) >= 11 is 0. The van der Waals surface area contributed by atoms with Crippen LogP contribution in [0.15, 0.2) is 59.4 Å². The molecule has 0 saturated carbocycles. The maximum Gasteiger partial charge on any atom is 0.306 e. The van der Waals surface area contributed by atoms with Crippen LogP contribution in [-0.4, -0.2) is 38.9 Å². The molecule has 1 unspecified atom stereocenters. The van der Waals surface area contributed by atoms with Gasteiger partial charge in [-0.2, -0.15) is 0 Å². The Morgan fingerprint density at radius 2 is 1.79 bits per heavy atom. The number of aliphatic hydroxyl groups excluding tert-OH is 1. The number of benzene rings is 2. The second-order valence-corrected chi connectivity index (χ2v) is 6.59.